The number of H-pyrrole nitrogens is 1. The summed E-state index contributed by atoms with van der Waals surface area (Å²) in [6, 6.07) is 7.59. The Bertz CT molecular complexity index is 687. The highest BCUT2D eigenvalue weighted by molar-refractivity contribution is 7.71. The quantitative estimate of drug-likeness (QED) is 0.665. The molecule has 0 saturated carbocycles. The number of nitrogens with two attached hydrogens (primary N) is 2. The molecule has 1 aromatic carbocycles. The van der Waals surface area contributed by atoms with Gasteiger partial charge in [0.25, 0.3) is 5.56 Å². The van der Waals surface area contributed by atoms with Gasteiger partial charge in [0.15, 0.2) is 4.77 Å². The molecule has 0 spiro atoms. The summed E-state index contributed by atoms with van der Waals surface area (Å²) in [5, 5.41) is 0. The molecule has 17 heavy (non-hydrogen) atoms. The highest BCUT2D eigenvalue weighted by Gasteiger charge is 2.08. The minimum Gasteiger partial charge on any atom is -0.391 e. The van der Waals surface area contributed by atoms with Crippen LogP contribution in [0.3, 0.4) is 0 Å². The van der Waals surface area contributed by atoms with Gasteiger partial charge in [-0.25, -0.2) is 0 Å². The molecule has 0 aliphatic heterocycles. The predicted octanol–water partition coefficient (Wildman–Crippen LogP) is 1.37. The first-order valence-corrected chi connectivity index (χ1v) is 5.39. The molecule has 0 atom stereocenters. The lowest BCUT2D eigenvalue weighted by molar-refractivity contribution is 0.954. The summed E-state index contributed by atoms with van der Waals surface area (Å²) in [6.45, 7) is 1.96. The van der Waals surface area contributed by atoms with Crippen molar-refractivity contribution in [3.8, 4) is 5.69 Å². The zero-order valence-electron chi connectivity index (χ0n) is 9.23. The number of nitrogens with zero attached hydrogens (tertiary/aromatic N) is 1. The minimum absolute atomic E-state index is 0.0277. The number of nitrogens with one attached hydrogen (secondary N) is 1. The van der Waals surface area contributed by atoms with E-state index in [1.54, 1.807) is 4.57 Å². The number of hydrogen-bond acceptors (Lipinski definition) is 4. The van der Waals surface area contributed by atoms with Crippen LogP contribution in [0.15, 0.2) is 29.1 Å². The summed E-state index contributed by atoms with van der Waals surface area (Å²) < 4.78 is 1.77. The molecule has 6 heteroatoms. The fourth-order valence-electron chi connectivity index (χ4n) is 1.59. The standard InChI is InChI=1S/C11H12N4OS/c1-6-3-2-4-7(5-6)15-9(13)8(12)10(16)14-11(15)17/h2-5H,12-13H2,1H3,(H,14,16,17). The highest BCUT2D eigenvalue weighted by Crippen LogP contribution is 2.17. The van der Waals surface area contributed by atoms with E-state index in [9.17, 15) is 4.79 Å². The lowest BCUT2D eigenvalue weighted by atomic mass is 10.2. The van der Waals surface area contributed by atoms with Crippen LogP contribution in [0.25, 0.3) is 5.69 Å². The van der Waals surface area contributed by atoms with Gasteiger partial charge in [0.05, 0.1) is 5.69 Å². The maximum atomic E-state index is 11.4. The van der Waals surface area contributed by atoms with Crippen molar-refractivity contribution in [2.45, 2.75) is 6.92 Å². The van der Waals surface area contributed by atoms with E-state index in [0.717, 1.165) is 11.3 Å². The van der Waals surface area contributed by atoms with Crippen LogP contribution in [0.2, 0.25) is 0 Å². The largest absolute Gasteiger partial charge is 0.391 e. The van der Waals surface area contributed by atoms with E-state index in [0.29, 0.717) is 0 Å². The Morgan fingerprint density at radius 1 is 1.35 bits per heavy atom. The maximum absolute atomic E-state index is 11.4. The average molecular weight is 248 g/mol. The second kappa shape index (κ2) is 4.06. The number of benzene rings is 1. The summed E-state index contributed by atoms with van der Waals surface area (Å²) in [5.74, 6) is 0.157. The molecule has 0 saturated heterocycles. The molecule has 2 rings (SSSR count). The van der Waals surface area contributed by atoms with Crippen molar-refractivity contribution in [2.75, 3.05) is 11.5 Å². The first-order valence-electron chi connectivity index (χ1n) is 4.98. The van der Waals surface area contributed by atoms with Crippen LogP contribution in [0.5, 0.6) is 0 Å². The van der Waals surface area contributed by atoms with E-state index in [1.807, 2.05) is 31.2 Å². The normalized spacial score (nSPS) is 10.4. The van der Waals surface area contributed by atoms with Gasteiger partial charge in [0, 0.05) is 0 Å². The van der Waals surface area contributed by atoms with Gasteiger partial charge < -0.3 is 11.5 Å². The number of hydrogen-bond donors (Lipinski definition) is 3. The topological polar surface area (TPSA) is 89.8 Å². The van der Waals surface area contributed by atoms with Crippen LogP contribution < -0.4 is 17.0 Å². The zero-order chi connectivity index (χ0) is 12.6. The molecule has 0 radical (unpaired) electrons. The fraction of sp³-hybridized carbons (Fsp3) is 0.0909. The van der Waals surface area contributed by atoms with Crippen LogP contribution in [0.4, 0.5) is 11.5 Å². The third kappa shape index (κ3) is 1.94. The van der Waals surface area contributed by atoms with Gasteiger partial charge in [-0.3, -0.25) is 14.3 Å². The molecule has 1 aromatic heterocycles. The Morgan fingerprint density at radius 2 is 2.06 bits per heavy atom. The van der Waals surface area contributed by atoms with Gasteiger partial charge in [-0.2, -0.15) is 0 Å². The van der Waals surface area contributed by atoms with Crippen molar-refractivity contribution in [3.05, 3.63) is 45.0 Å². The Morgan fingerprint density at radius 3 is 2.71 bits per heavy atom. The molecule has 1 heterocycles. The minimum atomic E-state index is -0.462. The Balaban J connectivity index is 2.81. The molecule has 0 bridgehead atoms. The van der Waals surface area contributed by atoms with Gasteiger partial charge in [0.1, 0.15) is 11.5 Å². The van der Waals surface area contributed by atoms with Crippen molar-refractivity contribution < 1.29 is 0 Å². The van der Waals surface area contributed by atoms with Crippen LogP contribution in [0, 0.1) is 11.7 Å². The summed E-state index contributed by atoms with van der Waals surface area (Å²) >= 11 is 5.08. The second-order valence-corrected chi connectivity index (χ2v) is 4.12. The molecule has 0 amide bonds. The fourth-order valence-corrected chi connectivity index (χ4v) is 1.89. The zero-order valence-corrected chi connectivity index (χ0v) is 10.0. The summed E-state index contributed by atoms with van der Waals surface area (Å²) in [6.07, 6.45) is 0. The third-order valence-electron chi connectivity index (χ3n) is 2.44. The summed E-state index contributed by atoms with van der Waals surface area (Å²) in [4.78, 5) is 13.9. The molecule has 0 aliphatic rings. The molecule has 5 N–H and O–H groups in total. The van der Waals surface area contributed by atoms with Gasteiger partial charge in [0.2, 0.25) is 0 Å². The van der Waals surface area contributed by atoms with Crippen molar-refractivity contribution in [2.24, 2.45) is 0 Å². The van der Waals surface area contributed by atoms with Crippen molar-refractivity contribution in [1.82, 2.24) is 9.55 Å². The molecule has 5 nitrogen and oxygen atoms in total. The number of aryl methyl sites for hydroxylation is 1. The van der Waals surface area contributed by atoms with Gasteiger partial charge in [-0.1, -0.05) is 12.1 Å². The van der Waals surface area contributed by atoms with Crippen LogP contribution in [0.1, 0.15) is 5.56 Å². The van der Waals surface area contributed by atoms with Crippen molar-refractivity contribution in [3.63, 3.8) is 0 Å². The van der Waals surface area contributed by atoms with Crippen LogP contribution in [-0.4, -0.2) is 9.55 Å². The molecule has 0 unspecified atom stereocenters. The monoisotopic (exact) mass is 248 g/mol. The molecule has 0 aliphatic carbocycles. The lowest BCUT2D eigenvalue weighted by Gasteiger charge is -2.12. The van der Waals surface area contributed by atoms with E-state index in [2.05, 4.69) is 4.98 Å². The Hall–Kier alpha value is -2.08. The Kier molecular flexibility index (Phi) is 2.72. The summed E-state index contributed by atoms with van der Waals surface area (Å²) in [5.41, 5.74) is 12.8. The summed E-state index contributed by atoms with van der Waals surface area (Å²) in [7, 11) is 0. The smallest absolute Gasteiger partial charge is 0.277 e. The van der Waals surface area contributed by atoms with Gasteiger partial charge in [-0.05, 0) is 36.8 Å². The first-order chi connectivity index (χ1) is 8.00. The van der Waals surface area contributed by atoms with E-state index in [1.165, 1.54) is 0 Å². The SMILES string of the molecule is Cc1cccc(-n2c(N)c(N)c(=O)[nH]c2=S)c1. The predicted molar refractivity (Wildman–Crippen MR) is 70.8 cm³/mol. The first kappa shape index (κ1) is 11.4. The average Bonchev–Trinajstić information content (AvgIpc) is 2.26. The van der Waals surface area contributed by atoms with Crippen LogP contribution in [-0.2, 0) is 0 Å². The lowest BCUT2D eigenvalue weighted by Crippen LogP contribution is -2.20. The third-order valence-corrected chi connectivity index (χ3v) is 2.73. The number of anilines is 2. The molecule has 88 valence electrons. The maximum Gasteiger partial charge on any atom is 0.277 e. The highest BCUT2D eigenvalue weighted by atomic mass is 32.1. The number of rotatable bonds is 1. The van der Waals surface area contributed by atoms with E-state index in [-0.39, 0.29) is 16.3 Å². The number of aromatic nitrogens is 2. The van der Waals surface area contributed by atoms with E-state index >= 15 is 0 Å². The molecular weight excluding hydrogens is 236 g/mol. The Labute approximate surface area is 103 Å². The van der Waals surface area contributed by atoms with Gasteiger partial charge in [-0.15, -0.1) is 0 Å². The van der Waals surface area contributed by atoms with Crippen molar-refractivity contribution >= 4 is 23.7 Å². The number of nitrogen functional groups attached to an aromatic ring is 2. The van der Waals surface area contributed by atoms with Gasteiger partial charge >= 0.3 is 0 Å². The molecule has 0 fully saturated rings. The second-order valence-electron chi connectivity index (χ2n) is 3.73. The molecule has 2 aromatic rings. The van der Waals surface area contributed by atoms with E-state index in [4.69, 9.17) is 23.7 Å². The molecular formula is C11H12N4OS. The van der Waals surface area contributed by atoms with E-state index < -0.39 is 5.56 Å². The van der Waals surface area contributed by atoms with Crippen LogP contribution >= 0.6 is 12.2 Å². The van der Waals surface area contributed by atoms with Crippen molar-refractivity contribution in [1.29, 1.82) is 0 Å². The number of aromatic amines is 1.